The molecule has 0 radical (unpaired) electrons. The van der Waals surface area contributed by atoms with E-state index in [0.717, 1.165) is 30.8 Å². The molecule has 1 rings (SSSR count). The summed E-state index contributed by atoms with van der Waals surface area (Å²) in [6.07, 6.45) is 1.77. The summed E-state index contributed by atoms with van der Waals surface area (Å²) >= 11 is 0. The van der Waals surface area contributed by atoms with Gasteiger partial charge >= 0.3 is 0 Å². The number of carbonyl (C=O) groups excluding carboxylic acids is 1. The first-order valence-electron chi connectivity index (χ1n) is 6.10. The third kappa shape index (κ3) is 4.35. The Hall–Kier alpha value is -2.42. The zero-order valence-electron chi connectivity index (χ0n) is 11.2. The number of nitrogens with zero attached hydrogens (tertiary/aromatic N) is 1. The zero-order valence-corrected chi connectivity index (χ0v) is 11.2. The van der Waals surface area contributed by atoms with Crippen LogP contribution in [-0.2, 0) is 4.79 Å². The number of halogens is 2. The minimum atomic E-state index is -0.678. The Morgan fingerprint density at radius 2 is 2.20 bits per heavy atom. The molecule has 1 aromatic rings. The molecule has 0 saturated carbocycles. The predicted molar refractivity (Wildman–Crippen MR) is 71.6 cm³/mol. The molecule has 2 N–H and O–H groups in total. The van der Waals surface area contributed by atoms with Gasteiger partial charge in [0.1, 0.15) is 23.3 Å². The number of hydrogen-bond donors (Lipinski definition) is 2. The fraction of sp³-hybridized carbons (Fsp3) is 0.286. The third-order valence-corrected chi connectivity index (χ3v) is 2.66. The van der Waals surface area contributed by atoms with E-state index in [2.05, 4.69) is 10.6 Å². The maximum atomic E-state index is 13.3. The van der Waals surface area contributed by atoms with Crippen LogP contribution in [0.15, 0.2) is 30.0 Å². The van der Waals surface area contributed by atoms with E-state index < -0.39 is 17.5 Å². The highest BCUT2D eigenvalue weighted by Crippen LogP contribution is 2.15. The summed E-state index contributed by atoms with van der Waals surface area (Å²) in [5.74, 6) is -1.86. The highest BCUT2D eigenvalue weighted by atomic mass is 19.1. The van der Waals surface area contributed by atoms with Crippen LogP contribution >= 0.6 is 0 Å². The second-order valence-corrected chi connectivity index (χ2v) is 4.22. The number of rotatable bonds is 5. The van der Waals surface area contributed by atoms with Crippen LogP contribution in [0.5, 0.6) is 0 Å². The van der Waals surface area contributed by atoms with Crippen molar-refractivity contribution in [2.45, 2.75) is 26.3 Å². The van der Waals surface area contributed by atoms with E-state index in [1.165, 1.54) is 0 Å². The minimum Gasteiger partial charge on any atom is -0.358 e. The summed E-state index contributed by atoms with van der Waals surface area (Å²) in [5, 5.41) is 13.9. The minimum absolute atomic E-state index is 0.0786. The quantitative estimate of drug-likeness (QED) is 0.643. The van der Waals surface area contributed by atoms with Crippen molar-refractivity contribution in [1.29, 1.82) is 5.26 Å². The molecule has 0 bridgehead atoms. The van der Waals surface area contributed by atoms with E-state index in [9.17, 15) is 13.6 Å². The highest BCUT2D eigenvalue weighted by Gasteiger charge is 2.11. The monoisotopic (exact) mass is 279 g/mol. The van der Waals surface area contributed by atoms with Crippen molar-refractivity contribution >= 4 is 11.6 Å². The Morgan fingerprint density at radius 3 is 2.80 bits per heavy atom. The molecule has 0 aliphatic carbocycles. The molecular formula is C14H15F2N3O. The van der Waals surface area contributed by atoms with Crippen molar-refractivity contribution in [3.63, 3.8) is 0 Å². The molecule has 4 nitrogen and oxygen atoms in total. The molecule has 20 heavy (non-hydrogen) atoms. The van der Waals surface area contributed by atoms with Crippen LogP contribution in [0, 0.1) is 23.0 Å². The molecule has 0 aromatic heterocycles. The summed E-state index contributed by atoms with van der Waals surface area (Å²) in [6, 6.07) is 4.50. The predicted octanol–water partition coefficient (Wildman–Crippen LogP) is 2.70. The fourth-order valence-electron chi connectivity index (χ4n) is 1.31. The van der Waals surface area contributed by atoms with E-state index in [0.29, 0.717) is 0 Å². The van der Waals surface area contributed by atoms with Gasteiger partial charge in [0.25, 0.3) is 5.91 Å². The molecule has 0 spiro atoms. The Kier molecular flexibility index (Phi) is 5.66. The van der Waals surface area contributed by atoms with E-state index in [1.54, 1.807) is 13.0 Å². The number of anilines is 1. The van der Waals surface area contributed by atoms with Gasteiger partial charge in [-0.05, 0) is 25.5 Å². The number of hydrogen-bond acceptors (Lipinski definition) is 3. The van der Waals surface area contributed by atoms with E-state index in [4.69, 9.17) is 5.26 Å². The third-order valence-electron chi connectivity index (χ3n) is 2.66. The van der Waals surface area contributed by atoms with Crippen molar-refractivity contribution in [2.24, 2.45) is 0 Å². The van der Waals surface area contributed by atoms with Gasteiger partial charge in [0, 0.05) is 18.3 Å². The highest BCUT2D eigenvalue weighted by molar-refractivity contribution is 5.97. The Balaban J connectivity index is 2.83. The van der Waals surface area contributed by atoms with Crippen molar-refractivity contribution in [2.75, 3.05) is 5.32 Å². The lowest BCUT2D eigenvalue weighted by Gasteiger charge is -2.10. The summed E-state index contributed by atoms with van der Waals surface area (Å²) in [4.78, 5) is 11.7. The van der Waals surface area contributed by atoms with Crippen molar-refractivity contribution in [3.8, 4) is 6.07 Å². The molecule has 0 saturated heterocycles. The average Bonchev–Trinajstić information content (AvgIpc) is 2.42. The topological polar surface area (TPSA) is 64.9 Å². The standard InChI is InChI=1S/C14H15F2N3O/c1-3-9(2)19-14(20)10(7-17)8-18-13-6-11(15)4-5-12(13)16/h4-6,8-9,18H,3H2,1-2H3,(H,19,20)/b10-8-. The molecule has 0 aliphatic rings. The zero-order chi connectivity index (χ0) is 15.1. The average molecular weight is 279 g/mol. The second kappa shape index (κ2) is 7.24. The van der Waals surface area contributed by atoms with E-state index >= 15 is 0 Å². The van der Waals surface area contributed by atoms with Gasteiger partial charge in [-0.15, -0.1) is 0 Å². The Bertz CT molecular complexity index is 564. The number of amides is 1. The Labute approximate surface area is 116 Å². The SMILES string of the molecule is CCC(C)NC(=O)/C(C#N)=C\Nc1cc(F)ccc1F. The van der Waals surface area contributed by atoms with Gasteiger partial charge < -0.3 is 10.6 Å². The lowest BCUT2D eigenvalue weighted by atomic mass is 10.2. The molecule has 0 fully saturated rings. The van der Waals surface area contributed by atoms with E-state index in [-0.39, 0.29) is 17.3 Å². The first kappa shape index (κ1) is 15.6. The maximum absolute atomic E-state index is 13.3. The molecule has 106 valence electrons. The smallest absolute Gasteiger partial charge is 0.263 e. The van der Waals surface area contributed by atoms with Gasteiger partial charge in [-0.1, -0.05) is 6.92 Å². The molecule has 1 aromatic carbocycles. The number of benzene rings is 1. The van der Waals surface area contributed by atoms with Crippen LogP contribution in [0.25, 0.3) is 0 Å². The van der Waals surface area contributed by atoms with Crippen molar-refractivity contribution < 1.29 is 13.6 Å². The molecule has 1 atom stereocenters. The fourth-order valence-corrected chi connectivity index (χ4v) is 1.31. The second-order valence-electron chi connectivity index (χ2n) is 4.22. The number of carbonyl (C=O) groups is 1. The van der Waals surface area contributed by atoms with Crippen LogP contribution in [0.4, 0.5) is 14.5 Å². The van der Waals surface area contributed by atoms with Gasteiger partial charge in [-0.3, -0.25) is 4.79 Å². The summed E-state index contributed by atoms with van der Waals surface area (Å²) < 4.78 is 26.3. The van der Waals surface area contributed by atoms with Gasteiger partial charge in [-0.25, -0.2) is 8.78 Å². The van der Waals surface area contributed by atoms with Gasteiger partial charge in [0.15, 0.2) is 0 Å². The van der Waals surface area contributed by atoms with Crippen molar-refractivity contribution in [3.05, 3.63) is 41.6 Å². The van der Waals surface area contributed by atoms with Crippen LogP contribution < -0.4 is 10.6 Å². The largest absolute Gasteiger partial charge is 0.358 e. The molecule has 0 aliphatic heterocycles. The molecular weight excluding hydrogens is 264 g/mol. The molecule has 1 amide bonds. The van der Waals surface area contributed by atoms with Crippen LogP contribution in [-0.4, -0.2) is 11.9 Å². The van der Waals surface area contributed by atoms with Crippen molar-refractivity contribution in [1.82, 2.24) is 5.32 Å². The maximum Gasteiger partial charge on any atom is 0.263 e. The Morgan fingerprint density at radius 1 is 1.50 bits per heavy atom. The molecule has 0 heterocycles. The normalized spacial score (nSPS) is 12.4. The first-order valence-corrected chi connectivity index (χ1v) is 6.10. The van der Waals surface area contributed by atoms with Crippen LogP contribution in [0.2, 0.25) is 0 Å². The summed E-state index contributed by atoms with van der Waals surface area (Å²) in [5.41, 5.74) is -0.358. The van der Waals surface area contributed by atoms with Gasteiger partial charge in [-0.2, -0.15) is 5.26 Å². The summed E-state index contributed by atoms with van der Waals surface area (Å²) in [7, 11) is 0. The number of nitrogens with one attached hydrogen (secondary N) is 2. The van der Waals surface area contributed by atoms with E-state index in [1.807, 2.05) is 6.92 Å². The van der Waals surface area contributed by atoms with Gasteiger partial charge in [0.05, 0.1) is 5.69 Å². The lowest BCUT2D eigenvalue weighted by molar-refractivity contribution is -0.117. The number of nitriles is 1. The molecule has 6 heteroatoms. The lowest BCUT2D eigenvalue weighted by Crippen LogP contribution is -2.33. The van der Waals surface area contributed by atoms with Gasteiger partial charge in [0.2, 0.25) is 0 Å². The van der Waals surface area contributed by atoms with Crippen LogP contribution in [0.3, 0.4) is 0 Å². The van der Waals surface area contributed by atoms with Crippen LogP contribution in [0.1, 0.15) is 20.3 Å². The summed E-state index contributed by atoms with van der Waals surface area (Å²) in [6.45, 7) is 3.69. The first-order chi connectivity index (χ1) is 9.47. The molecule has 1 unspecified atom stereocenters.